The summed E-state index contributed by atoms with van der Waals surface area (Å²) in [5, 5.41) is 61.3. The monoisotopic (exact) mass is 608 g/mol. The molecule has 13 heteroatoms. The molecular formula is C28H57NaO12. The van der Waals surface area contributed by atoms with Crippen molar-refractivity contribution in [1.29, 1.82) is 0 Å². The predicted octanol–water partition coefficient (Wildman–Crippen LogP) is -3.11. The second-order valence-electron chi connectivity index (χ2n) is 12.0. The Morgan fingerprint density at radius 3 is 1.32 bits per heavy atom. The third kappa shape index (κ3) is 10.6. The molecule has 0 saturated carbocycles. The Kier molecular flexibility index (Phi) is 19.5. The summed E-state index contributed by atoms with van der Waals surface area (Å²) < 4.78 is 24.8. The molecule has 41 heavy (non-hydrogen) atoms. The summed E-state index contributed by atoms with van der Waals surface area (Å²) in [6.45, 7) is 15.7. The average molecular weight is 609 g/mol. The van der Waals surface area contributed by atoms with Gasteiger partial charge < -0.3 is 59.1 Å². The fraction of sp³-hybridized carbons (Fsp3) is 0.964. The number of aliphatic carboxylic acids is 1. The van der Waals surface area contributed by atoms with Crippen LogP contribution in [-0.4, -0.2) is 126 Å². The molecular weight excluding hydrogens is 551 g/mol. The van der Waals surface area contributed by atoms with Gasteiger partial charge in [-0.25, -0.2) is 0 Å². The van der Waals surface area contributed by atoms with Crippen molar-refractivity contribution in [3.63, 3.8) is 0 Å². The molecule has 2 aliphatic heterocycles. The van der Waals surface area contributed by atoms with Gasteiger partial charge in [0.1, 0.15) is 11.2 Å². The summed E-state index contributed by atoms with van der Waals surface area (Å²) in [6, 6.07) is 0. The topological polar surface area (TPSA) is 187 Å². The quantitative estimate of drug-likeness (QED) is 0.198. The van der Waals surface area contributed by atoms with Crippen LogP contribution >= 0.6 is 0 Å². The van der Waals surface area contributed by atoms with Gasteiger partial charge in [-0.05, 0) is 55.4 Å². The first-order chi connectivity index (χ1) is 17.9. The maximum atomic E-state index is 10.7. The maximum absolute atomic E-state index is 10.7. The smallest absolute Gasteiger partial charge is 0.548 e. The number of carbonyl (C=O) groups excluding carboxylic acids is 1. The first-order valence-corrected chi connectivity index (χ1v) is 13.3. The molecule has 12 nitrogen and oxygen atoms in total. The molecule has 0 aromatic carbocycles. The zero-order valence-electron chi connectivity index (χ0n) is 28.0. The van der Waals surface area contributed by atoms with E-state index in [1.807, 2.05) is 0 Å². The summed E-state index contributed by atoms with van der Waals surface area (Å²) in [4.78, 5) is 10.4. The van der Waals surface area contributed by atoms with Gasteiger partial charge in [0, 0.05) is 40.3 Å². The molecule has 242 valence electrons. The van der Waals surface area contributed by atoms with E-state index in [2.05, 4.69) is 9.47 Å². The SMILES string of the molecule is CC1OC(C)(CO)C(C)(O)C(C)C1(C)O.CC1OC(C)(COCC(=O)[O-])C(C)(O)C(C)C1(C)O.COC.COC.[Na+]. The Morgan fingerprint density at radius 2 is 1.02 bits per heavy atom. The van der Waals surface area contributed by atoms with Gasteiger partial charge in [0.05, 0.1) is 60.4 Å². The molecule has 0 aromatic heterocycles. The van der Waals surface area contributed by atoms with E-state index in [1.54, 1.807) is 97.7 Å². The number of ether oxygens (including phenoxy) is 5. The van der Waals surface area contributed by atoms with Crippen LogP contribution in [0.3, 0.4) is 0 Å². The molecule has 0 bridgehead atoms. The zero-order chi connectivity index (χ0) is 32.5. The second kappa shape index (κ2) is 17.5. The van der Waals surface area contributed by atoms with Gasteiger partial charge in [0.2, 0.25) is 0 Å². The van der Waals surface area contributed by atoms with Gasteiger partial charge in [-0.2, -0.15) is 0 Å². The summed E-state index contributed by atoms with van der Waals surface area (Å²) >= 11 is 0. The Bertz CT molecular complexity index is 758. The van der Waals surface area contributed by atoms with E-state index >= 15 is 0 Å². The van der Waals surface area contributed by atoms with Gasteiger partial charge in [0.15, 0.2) is 0 Å². The average Bonchev–Trinajstić information content (AvgIpc) is 2.82. The van der Waals surface area contributed by atoms with Crippen LogP contribution < -0.4 is 34.7 Å². The fourth-order valence-corrected chi connectivity index (χ4v) is 4.72. The van der Waals surface area contributed by atoms with Crippen LogP contribution in [0.15, 0.2) is 0 Å². The number of hydrogen-bond acceptors (Lipinski definition) is 12. The molecule has 10 atom stereocenters. The van der Waals surface area contributed by atoms with Crippen molar-refractivity contribution in [2.75, 3.05) is 48.3 Å². The van der Waals surface area contributed by atoms with Gasteiger partial charge in [-0.1, -0.05) is 13.8 Å². The second-order valence-corrected chi connectivity index (χ2v) is 12.0. The first kappa shape index (κ1) is 45.5. The number of rotatable bonds is 5. The van der Waals surface area contributed by atoms with E-state index in [-0.39, 0.29) is 48.7 Å². The minimum atomic E-state index is -1.37. The van der Waals surface area contributed by atoms with Crippen molar-refractivity contribution in [2.24, 2.45) is 11.8 Å². The Morgan fingerprint density at radius 1 is 0.732 bits per heavy atom. The molecule has 2 saturated heterocycles. The molecule has 2 rings (SSSR count). The van der Waals surface area contributed by atoms with Crippen LogP contribution in [0.1, 0.15) is 69.2 Å². The standard InChI is InChI=1S/C13H24O6.C11H22O4.2C2H6O.Na/c1-8-12(4,16)9(2)19-11(3,13(8,5)17)7-18-6-10(14)15;1-7-10(4,13)8(2)15-9(3,6-12)11(7,5)14;2*1-3-2;/h8-9,16-17H,6-7H2,1-5H3,(H,14,15);7-8,12-14H,6H2,1-5H3;2*1-2H3;/q;;;;+1/p-1. The van der Waals surface area contributed by atoms with Crippen LogP contribution in [0.2, 0.25) is 0 Å². The minimum absolute atomic E-state index is 0. The third-order valence-corrected chi connectivity index (χ3v) is 9.00. The van der Waals surface area contributed by atoms with Crippen LogP contribution in [0, 0.1) is 11.8 Å². The van der Waals surface area contributed by atoms with Crippen LogP contribution in [0.4, 0.5) is 0 Å². The van der Waals surface area contributed by atoms with Gasteiger partial charge in [-0.15, -0.1) is 0 Å². The van der Waals surface area contributed by atoms with Crippen LogP contribution in [-0.2, 0) is 28.5 Å². The van der Waals surface area contributed by atoms with E-state index in [0.29, 0.717) is 0 Å². The Labute approximate surface area is 269 Å². The molecule has 0 spiro atoms. The van der Waals surface area contributed by atoms with E-state index in [1.165, 1.54) is 0 Å². The summed E-state index contributed by atoms with van der Waals surface area (Å²) in [5.74, 6) is -2.18. The molecule has 0 amide bonds. The number of carboxylic acids is 1. The molecule has 2 aliphatic rings. The van der Waals surface area contributed by atoms with Crippen molar-refractivity contribution in [3.05, 3.63) is 0 Å². The van der Waals surface area contributed by atoms with Crippen molar-refractivity contribution >= 4 is 5.97 Å². The van der Waals surface area contributed by atoms with Gasteiger partial charge in [-0.3, -0.25) is 0 Å². The fourth-order valence-electron chi connectivity index (χ4n) is 4.72. The largest absolute Gasteiger partial charge is 1.00 e. The van der Waals surface area contributed by atoms with Gasteiger partial charge >= 0.3 is 29.6 Å². The third-order valence-electron chi connectivity index (χ3n) is 9.00. The predicted molar refractivity (Wildman–Crippen MR) is 148 cm³/mol. The number of aliphatic hydroxyl groups is 5. The van der Waals surface area contributed by atoms with Crippen molar-refractivity contribution in [1.82, 2.24) is 0 Å². The van der Waals surface area contributed by atoms with Crippen LogP contribution in [0.5, 0.6) is 0 Å². The number of aliphatic hydroxyl groups excluding tert-OH is 1. The molecule has 2 fully saturated rings. The normalized spacial score (nSPS) is 43.5. The van der Waals surface area contributed by atoms with E-state index in [9.17, 15) is 35.4 Å². The molecule has 0 aliphatic carbocycles. The van der Waals surface area contributed by atoms with E-state index in [0.717, 1.165) is 0 Å². The minimum Gasteiger partial charge on any atom is -0.548 e. The first-order valence-electron chi connectivity index (χ1n) is 13.3. The summed E-state index contributed by atoms with van der Waals surface area (Å²) in [6.07, 6.45) is -0.941. The number of methoxy groups -OCH3 is 2. The Hall–Kier alpha value is 0.0700. The Balaban J connectivity index is -0.000000587. The number of hydrogen-bond donors (Lipinski definition) is 5. The van der Waals surface area contributed by atoms with Crippen molar-refractivity contribution < 1.29 is 88.7 Å². The van der Waals surface area contributed by atoms with Crippen molar-refractivity contribution in [3.8, 4) is 0 Å². The van der Waals surface area contributed by atoms with Crippen LogP contribution in [0.25, 0.3) is 0 Å². The van der Waals surface area contributed by atoms with Gasteiger partial charge in [0.25, 0.3) is 0 Å². The van der Waals surface area contributed by atoms with E-state index < -0.39 is 64.3 Å². The number of carbonyl (C=O) groups is 1. The molecule has 5 N–H and O–H groups in total. The molecule has 0 radical (unpaired) electrons. The van der Waals surface area contributed by atoms with E-state index in [4.69, 9.17) is 14.2 Å². The molecule has 2 heterocycles. The summed E-state index contributed by atoms with van der Waals surface area (Å²) in [7, 11) is 6.50. The number of carboxylic acid groups (broad SMARTS) is 1. The molecule has 10 unspecified atom stereocenters. The summed E-state index contributed by atoms with van der Waals surface area (Å²) in [5.41, 5.74) is -7.06. The zero-order valence-corrected chi connectivity index (χ0v) is 30.0. The van der Waals surface area contributed by atoms with Crippen molar-refractivity contribution in [2.45, 2.75) is 115 Å². The maximum Gasteiger partial charge on any atom is 1.00 e. The molecule has 0 aromatic rings.